The number of sulfonamides is 1. The number of alkyl halides is 3. The van der Waals surface area contributed by atoms with Gasteiger partial charge < -0.3 is 15.0 Å². The molecule has 1 N–H and O–H groups in total. The Bertz CT molecular complexity index is 1260. The normalized spacial score (nSPS) is 13.4. The highest BCUT2D eigenvalue weighted by atomic mass is 35.5. The average Bonchev–Trinajstić information content (AvgIpc) is 2.86. The van der Waals surface area contributed by atoms with E-state index in [0.29, 0.717) is 28.1 Å². The molecule has 0 unspecified atom stereocenters. The third kappa shape index (κ3) is 8.76. The van der Waals surface area contributed by atoms with Crippen molar-refractivity contribution in [1.82, 2.24) is 10.2 Å². The molecule has 0 bridgehead atoms. The molecular formula is C26H33ClF3N3O5S. The van der Waals surface area contributed by atoms with Crippen LogP contribution < -0.4 is 14.4 Å². The van der Waals surface area contributed by atoms with Gasteiger partial charge in [0.05, 0.1) is 29.6 Å². The number of hydrogen-bond acceptors (Lipinski definition) is 5. The summed E-state index contributed by atoms with van der Waals surface area (Å²) in [5.74, 6) is -0.659. The summed E-state index contributed by atoms with van der Waals surface area (Å²) in [6, 6.07) is 7.78. The highest BCUT2D eigenvalue weighted by Crippen LogP contribution is 2.36. The summed E-state index contributed by atoms with van der Waals surface area (Å²) in [4.78, 5) is 28.1. The summed E-state index contributed by atoms with van der Waals surface area (Å²) in [5.41, 5.74) is -0.997. The van der Waals surface area contributed by atoms with E-state index in [1.54, 1.807) is 38.1 Å². The van der Waals surface area contributed by atoms with Crippen molar-refractivity contribution >= 4 is 39.1 Å². The van der Waals surface area contributed by atoms with Crippen LogP contribution in [0.15, 0.2) is 42.5 Å². The van der Waals surface area contributed by atoms with Crippen LogP contribution in [0.1, 0.15) is 44.7 Å². The second-order valence-corrected chi connectivity index (χ2v) is 11.4. The van der Waals surface area contributed by atoms with Crippen LogP contribution in [-0.2, 0) is 32.3 Å². The molecule has 2 amide bonds. The lowest BCUT2D eigenvalue weighted by atomic mass is 10.1. The molecule has 0 aliphatic carbocycles. The third-order valence-corrected chi connectivity index (χ3v) is 7.57. The van der Waals surface area contributed by atoms with E-state index < -0.39 is 51.9 Å². The minimum Gasteiger partial charge on any atom is -0.497 e. The number of methoxy groups -OCH3 is 1. The molecule has 13 heteroatoms. The van der Waals surface area contributed by atoms with Gasteiger partial charge in [0.2, 0.25) is 21.8 Å². The van der Waals surface area contributed by atoms with Gasteiger partial charge in [0.25, 0.3) is 0 Å². The van der Waals surface area contributed by atoms with Gasteiger partial charge in [0.1, 0.15) is 18.3 Å². The summed E-state index contributed by atoms with van der Waals surface area (Å²) in [6.07, 6.45) is -3.16. The van der Waals surface area contributed by atoms with Crippen molar-refractivity contribution in [3.05, 3.63) is 58.6 Å². The Hall–Kier alpha value is -2.99. The largest absolute Gasteiger partial charge is 0.497 e. The van der Waals surface area contributed by atoms with E-state index in [-0.39, 0.29) is 24.0 Å². The molecule has 8 nitrogen and oxygen atoms in total. The fourth-order valence-corrected chi connectivity index (χ4v) is 4.89. The fraction of sp³-hybridized carbons (Fsp3) is 0.462. The molecule has 2 aromatic carbocycles. The van der Waals surface area contributed by atoms with Gasteiger partial charge in [-0.2, -0.15) is 13.2 Å². The molecule has 0 saturated heterocycles. The second kappa shape index (κ2) is 13.4. The monoisotopic (exact) mass is 591 g/mol. The Morgan fingerprint density at radius 1 is 1.08 bits per heavy atom. The molecule has 0 fully saturated rings. The van der Waals surface area contributed by atoms with E-state index in [2.05, 4.69) is 5.32 Å². The number of nitrogens with zero attached hydrogens (tertiary/aromatic N) is 2. The zero-order valence-corrected chi connectivity index (χ0v) is 24.0. The van der Waals surface area contributed by atoms with Gasteiger partial charge in [0.15, 0.2) is 0 Å². The number of hydrogen-bond donors (Lipinski definition) is 1. The quantitative estimate of drug-likeness (QED) is 0.380. The van der Waals surface area contributed by atoms with E-state index in [0.717, 1.165) is 18.4 Å². The maximum Gasteiger partial charge on any atom is 0.416 e. The number of halogens is 4. The average molecular weight is 592 g/mol. The first kappa shape index (κ1) is 32.2. The Morgan fingerprint density at radius 2 is 1.69 bits per heavy atom. The van der Waals surface area contributed by atoms with Crippen LogP contribution >= 0.6 is 11.6 Å². The van der Waals surface area contributed by atoms with E-state index >= 15 is 0 Å². The van der Waals surface area contributed by atoms with Gasteiger partial charge in [-0.05, 0) is 55.7 Å². The van der Waals surface area contributed by atoms with Crippen molar-refractivity contribution in [2.75, 3.05) is 24.2 Å². The second-order valence-electron chi connectivity index (χ2n) is 9.05. The lowest BCUT2D eigenvalue weighted by Crippen LogP contribution is -2.53. The molecule has 2 atom stereocenters. The van der Waals surface area contributed by atoms with Crippen molar-refractivity contribution in [3.63, 3.8) is 0 Å². The highest BCUT2D eigenvalue weighted by molar-refractivity contribution is 7.92. The molecule has 0 radical (unpaired) electrons. The Morgan fingerprint density at radius 3 is 2.18 bits per heavy atom. The van der Waals surface area contributed by atoms with Crippen LogP contribution in [0.2, 0.25) is 5.02 Å². The molecule has 0 aliphatic heterocycles. The van der Waals surface area contributed by atoms with Crippen molar-refractivity contribution < 1.29 is 35.9 Å². The molecule has 216 valence electrons. The predicted octanol–water partition coefficient (Wildman–Crippen LogP) is 4.86. The van der Waals surface area contributed by atoms with Gasteiger partial charge in [-0.15, -0.1) is 0 Å². The lowest BCUT2D eigenvalue weighted by molar-refractivity contribution is -0.140. The van der Waals surface area contributed by atoms with Crippen molar-refractivity contribution in [2.45, 2.75) is 58.4 Å². The molecule has 2 rings (SSSR count). The summed E-state index contributed by atoms with van der Waals surface area (Å²) >= 11 is 6.11. The zero-order valence-electron chi connectivity index (χ0n) is 22.4. The molecule has 0 spiro atoms. The van der Waals surface area contributed by atoms with Crippen LogP contribution in [0.25, 0.3) is 0 Å². The zero-order chi connectivity index (χ0) is 29.5. The summed E-state index contributed by atoms with van der Waals surface area (Å²) in [7, 11) is -2.78. The number of carbonyl (C=O) groups is 2. The van der Waals surface area contributed by atoms with Gasteiger partial charge in [0, 0.05) is 12.6 Å². The van der Waals surface area contributed by atoms with Crippen LogP contribution in [0.5, 0.6) is 5.75 Å². The van der Waals surface area contributed by atoms with Crippen LogP contribution in [0.4, 0.5) is 18.9 Å². The molecule has 0 heterocycles. The molecule has 39 heavy (non-hydrogen) atoms. The smallest absolute Gasteiger partial charge is 0.416 e. The van der Waals surface area contributed by atoms with Gasteiger partial charge in [-0.1, -0.05) is 37.6 Å². The van der Waals surface area contributed by atoms with Crippen LogP contribution in [-0.4, -0.2) is 57.1 Å². The number of ether oxygens (including phenoxy) is 1. The maximum absolute atomic E-state index is 13.7. The fourth-order valence-electron chi connectivity index (χ4n) is 3.76. The summed E-state index contributed by atoms with van der Waals surface area (Å²) in [6.45, 7) is 4.45. The van der Waals surface area contributed by atoms with Crippen LogP contribution in [0, 0.1) is 0 Å². The van der Waals surface area contributed by atoms with Gasteiger partial charge in [-0.3, -0.25) is 13.9 Å². The standard InChI is InChI=1S/C26H33ClF3N3O5S/c1-6-17(3)31-25(35)22(7-2)32(15-18-8-11-20(38-4)12-9-18)24(34)16-33(39(5,36)37)23-14-19(26(28,29)30)10-13-21(23)27/h8-14,17,22H,6-7,15-16H2,1-5H3,(H,31,35)/t17-,22-/m0/s1. The molecule has 0 aromatic heterocycles. The van der Waals surface area contributed by atoms with E-state index in [1.807, 2.05) is 6.92 Å². The SMILES string of the molecule is CC[C@H](C)NC(=O)[C@H](CC)N(Cc1ccc(OC)cc1)C(=O)CN(c1cc(C(F)(F)F)ccc1Cl)S(C)(=O)=O. The number of rotatable bonds is 12. The number of amides is 2. The van der Waals surface area contributed by atoms with E-state index in [1.165, 1.54) is 12.0 Å². The molecule has 0 aliphatic rings. The topological polar surface area (TPSA) is 96.0 Å². The third-order valence-electron chi connectivity index (χ3n) is 6.12. The minimum atomic E-state index is -4.77. The first-order valence-electron chi connectivity index (χ1n) is 12.2. The summed E-state index contributed by atoms with van der Waals surface area (Å²) in [5, 5.41) is 2.55. The highest BCUT2D eigenvalue weighted by Gasteiger charge is 2.35. The minimum absolute atomic E-state index is 0.0663. The Labute approximate surface area is 232 Å². The lowest BCUT2D eigenvalue weighted by Gasteiger charge is -2.33. The Kier molecular flexibility index (Phi) is 11.1. The van der Waals surface area contributed by atoms with Gasteiger partial charge >= 0.3 is 6.18 Å². The molecule has 0 saturated carbocycles. The van der Waals surface area contributed by atoms with Crippen molar-refractivity contribution in [3.8, 4) is 5.75 Å². The first-order valence-corrected chi connectivity index (χ1v) is 14.4. The number of nitrogens with one attached hydrogen (secondary N) is 1. The number of anilines is 1. The van der Waals surface area contributed by atoms with Crippen molar-refractivity contribution in [1.29, 1.82) is 0 Å². The number of carbonyl (C=O) groups excluding carboxylic acids is 2. The molecular weight excluding hydrogens is 559 g/mol. The number of benzene rings is 2. The van der Waals surface area contributed by atoms with Crippen LogP contribution in [0.3, 0.4) is 0 Å². The summed E-state index contributed by atoms with van der Waals surface area (Å²) < 4.78 is 71.2. The Balaban J connectivity index is 2.54. The van der Waals surface area contributed by atoms with Crippen molar-refractivity contribution in [2.24, 2.45) is 0 Å². The maximum atomic E-state index is 13.7. The van der Waals surface area contributed by atoms with Gasteiger partial charge in [-0.25, -0.2) is 8.42 Å². The van der Waals surface area contributed by atoms with E-state index in [4.69, 9.17) is 16.3 Å². The van der Waals surface area contributed by atoms with E-state index in [9.17, 15) is 31.2 Å². The first-order chi connectivity index (χ1) is 18.1. The molecule has 2 aromatic rings. The predicted molar refractivity (Wildman–Crippen MR) is 144 cm³/mol.